The highest BCUT2D eigenvalue weighted by molar-refractivity contribution is 6.29. The van der Waals surface area contributed by atoms with Crippen LogP contribution in [0, 0.1) is 6.54 Å². The highest BCUT2D eigenvalue weighted by Crippen LogP contribution is 2.11. The number of rotatable bonds is 2. The molecule has 2 nitrogen and oxygen atoms in total. The summed E-state index contributed by atoms with van der Waals surface area (Å²) in [5.41, 5.74) is 1.14. The summed E-state index contributed by atoms with van der Waals surface area (Å²) in [5.74, 6) is 0. The summed E-state index contributed by atoms with van der Waals surface area (Å²) in [6.45, 7) is 2.85. The van der Waals surface area contributed by atoms with E-state index in [2.05, 4.69) is 9.88 Å². The molecule has 0 aliphatic carbocycles. The van der Waals surface area contributed by atoms with E-state index in [4.69, 9.17) is 11.6 Å². The zero-order chi connectivity index (χ0) is 9.80. The molecular formula is C11H10ClN2. The molecule has 0 atom stereocenters. The number of halogens is 1. The second-order valence-electron chi connectivity index (χ2n) is 3.04. The number of hydrogen-bond acceptors (Lipinski definition) is 2. The van der Waals surface area contributed by atoms with Crippen LogP contribution in [0.4, 0.5) is 0 Å². The summed E-state index contributed by atoms with van der Waals surface area (Å²) >= 11 is 5.70. The summed E-state index contributed by atoms with van der Waals surface area (Å²) in [4.78, 5) is 6.12. The van der Waals surface area contributed by atoms with Crippen molar-refractivity contribution in [1.29, 1.82) is 0 Å². The molecule has 71 valence electrons. The maximum Gasteiger partial charge on any atom is 0.129 e. The van der Waals surface area contributed by atoms with Gasteiger partial charge in [-0.25, -0.2) is 4.98 Å². The minimum atomic E-state index is 0.534. The van der Waals surface area contributed by atoms with Gasteiger partial charge in [0.15, 0.2) is 0 Å². The molecule has 1 aromatic heterocycles. The number of pyridine rings is 1. The Kier molecular flexibility index (Phi) is 2.84. The van der Waals surface area contributed by atoms with Gasteiger partial charge in [0.25, 0.3) is 0 Å². The highest BCUT2D eigenvalue weighted by Gasteiger charge is 2.01. The molecule has 1 radical (unpaired) electrons. The van der Waals surface area contributed by atoms with Gasteiger partial charge in [-0.3, -0.25) is 0 Å². The lowest BCUT2D eigenvalue weighted by Crippen LogP contribution is -2.13. The zero-order valence-corrected chi connectivity index (χ0v) is 8.35. The quantitative estimate of drug-likeness (QED) is 0.691. The van der Waals surface area contributed by atoms with Crippen molar-refractivity contribution in [3.8, 4) is 0 Å². The minimum Gasteiger partial charge on any atom is -0.364 e. The lowest BCUT2D eigenvalue weighted by atomic mass is 10.2. The van der Waals surface area contributed by atoms with E-state index in [1.807, 2.05) is 37.0 Å². The average Bonchev–Trinajstić information content (AvgIpc) is 2.23. The van der Waals surface area contributed by atoms with Crippen LogP contribution in [0.3, 0.4) is 0 Å². The van der Waals surface area contributed by atoms with E-state index >= 15 is 0 Å². The molecule has 0 saturated carbocycles. The molecule has 0 amide bonds. The molecule has 0 unspecified atom stereocenters. The van der Waals surface area contributed by atoms with E-state index in [-0.39, 0.29) is 0 Å². The van der Waals surface area contributed by atoms with Crippen LogP contribution in [0.1, 0.15) is 5.56 Å². The van der Waals surface area contributed by atoms with E-state index in [1.54, 1.807) is 12.3 Å². The van der Waals surface area contributed by atoms with Gasteiger partial charge >= 0.3 is 0 Å². The third kappa shape index (κ3) is 2.36. The van der Waals surface area contributed by atoms with E-state index in [0.717, 1.165) is 12.1 Å². The molecule has 2 rings (SSSR count). The fraction of sp³-hybridized carbons (Fsp3) is 0.0909. The standard InChI is InChI=1S/C11H10ClN2/c12-11-5-4-10(8-13-11)9-14-6-2-1-3-7-14/h1-8H,9H2. The van der Waals surface area contributed by atoms with Gasteiger partial charge in [-0.2, -0.15) is 0 Å². The third-order valence-electron chi connectivity index (χ3n) is 1.93. The Hall–Kier alpha value is -1.28. The van der Waals surface area contributed by atoms with Gasteiger partial charge in [-0.15, -0.1) is 0 Å². The van der Waals surface area contributed by atoms with Gasteiger partial charge in [-0.1, -0.05) is 29.8 Å². The van der Waals surface area contributed by atoms with E-state index in [1.165, 1.54) is 0 Å². The smallest absolute Gasteiger partial charge is 0.129 e. The molecule has 2 heterocycles. The van der Waals surface area contributed by atoms with Crippen LogP contribution >= 0.6 is 11.6 Å². The van der Waals surface area contributed by atoms with Crippen molar-refractivity contribution in [3.05, 3.63) is 60.0 Å². The molecule has 0 fully saturated rings. The number of allylic oxidation sites excluding steroid dienone is 2. The van der Waals surface area contributed by atoms with Gasteiger partial charge in [0.2, 0.25) is 0 Å². The van der Waals surface area contributed by atoms with Crippen LogP contribution in [0.5, 0.6) is 0 Å². The SMILES string of the molecule is Clc1ccc(CN2[CH]C=CC=C2)cn1. The fourth-order valence-corrected chi connectivity index (χ4v) is 1.36. The summed E-state index contributed by atoms with van der Waals surface area (Å²) < 4.78 is 0. The molecule has 1 aliphatic heterocycles. The molecule has 1 aliphatic rings. The second kappa shape index (κ2) is 4.29. The predicted molar refractivity (Wildman–Crippen MR) is 57.4 cm³/mol. The Balaban J connectivity index is 2.00. The molecule has 14 heavy (non-hydrogen) atoms. The lowest BCUT2D eigenvalue weighted by molar-refractivity contribution is 0.461. The minimum absolute atomic E-state index is 0.534. The van der Waals surface area contributed by atoms with Crippen LogP contribution in [-0.2, 0) is 6.54 Å². The molecular weight excluding hydrogens is 196 g/mol. The predicted octanol–water partition coefficient (Wildman–Crippen LogP) is 2.78. The number of hydrogen-bond donors (Lipinski definition) is 0. The first-order valence-corrected chi connectivity index (χ1v) is 4.77. The summed E-state index contributed by atoms with van der Waals surface area (Å²) in [6.07, 6.45) is 9.82. The monoisotopic (exact) mass is 205 g/mol. The van der Waals surface area contributed by atoms with E-state index < -0.39 is 0 Å². The zero-order valence-electron chi connectivity index (χ0n) is 7.60. The fourth-order valence-electron chi connectivity index (χ4n) is 1.25. The lowest BCUT2D eigenvalue weighted by Gasteiger charge is -2.19. The first-order valence-electron chi connectivity index (χ1n) is 4.39. The normalized spacial score (nSPS) is 14.8. The van der Waals surface area contributed by atoms with Crippen molar-refractivity contribution < 1.29 is 0 Å². The Morgan fingerprint density at radius 1 is 1.21 bits per heavy atom. The van der Waals surface area contributed by atoms with Crippen molar-refractivity contribution >= 4 is 11.6 Å². The van der Waals surface area contributed by atoms with Gasteiger partial charge in [-0.05, 0) is 17.7 Å². The van der Waals surface area contributed by atoms with Crippen LogP contribution in [0.2, 0.25) is 5.15 Å². The Morgan fingerprint density at radius 3 is 2.79 bits per heavy atom. The summed E-state index contributed by atoms with van der Waals surface area (Å²) in [7, 11) is 0. The van der Waals surface area contributed by atoms with E-state index in [9.17, 15) is 0 Å². The Labute approximate surface area is 88.5 Å². The van der Waals surface area contributed by atoms with Crippen LogP contribution < -0.4 is 0 Å². The molecule has 3 heteroatoms. The molecule has 1 aromatic rings. The van der Waals surface area contributed by atoms with Crippen molar-refractivity contribution in [2.24, 2.45) is 0 Å². The van der Waals surface area contributed by atoms with Crippen LogP contribution in [0.25, 0.3) is 0 Å². The Morgan fingerprint density at radius 2 is 2.14 bits per heavy atom. The van der Waals surface area contributed by atoms with Gasteiger partial charge in [0.1, 0.15) is 5.15 Å². The van der Waals surface area contributed by atoms with Gasteiger partial charge < -0.3 is 4.90 Å². The maximum atomic E-state index is 5.70. The molecule has 0 N–H and O–H groups in total. The topological polar surface area (TPSA) is 16.1 Å². The van der Waals surface area contributed by atoms with Crippen molar-refractivity contribution in [2.45, 2.75) is 6.54 Å². The van der Waals surface area contributed by atoms with Gasteiger partial charge in [0.05, 0.1) is 6.54 Å². The maximum absolute atomic E-state index is 5.70. The van der Waals surface area contributed by atoms with Crippen LogP contribution in [0.15, 0.2) is 42.8 Å². The molecule has 0 spiro atoms. The van der Waals surface area contributed by atoms with Crippen molar-refractivity contribution in [1.82, 2.24) is 9.88 Å². The number of nitrogens with zero attached hydrogens (tertiary/aromatic N) is 2. The highest BCUT2D eigenvalue weighted by atomic mass is 35.5. The van der Waals surface area contributed by atoms with Crippen LogP contribution in [-0.4, -0.2) is 9.88 Å². The second-order valence-corrected chi connectivity index (χ2v) is 3.42. The summed E-state index contributed by atoms with van der Waals surface area (Å²) in [5, 5.41) is 0.534. The van der Waals surface area contributed by atoms with Gasteiger partial charge in [0, 0.05) is 18.9 Å². The van der Waals surface area contributed by atoms with Crippen molar-refractivity contribution in [2.75, 3.05) is 0 Å². The molecule has 0 aromatic carbocycles. The molecule has 0 saturated heterocycles. The number of aromatic nitrogens is 1. The summed E-state index contributed by atoms with van der Waals surface area (Å²) in [6, 6.07) is 3.79. The third-order valence-corrected chi connectivity index (χ3v) is 2.15. The first-order chi connectivity index (χ1) is 6.84. The van der Waals surface area contributed by atoms with Crippen molar-refractivity contribution in [3.63, 3.8) is 0 Å². The first kappa shape index (κ1) is 9.28. The average molecular weight is 206 g/mol. The largest absolute Gasteiger partial charge is 0.364 e. The van der Waals surface area contributed by atoms with E-state index in [0.29, 0.717) is 5.15 Å². The molecule has 0 bridgehead atoms. The Bertz CT molecular complexity index is 354.